The van der Waals surface area contributed by atoms with Crippen molar-refractivity contribution in [3.05, 3.63) is 51.4 Å². The van der Waals surface area contributed by atoms with Gasteiger partial charge in [0.25, 0.3) is 0 Å². The maximum Gasteiger partial charge on any atom is 0.174 e. The highest BCUT2D eigenvalue weighted by atomic mass is 35.5. The zero-order valence-electron chi connectivity index (χ0n) is 14.2. The number of nitrogens with one attached hydrogen (secondary N) is 1. The van der Waals surface area contributed by atoms with E-state index in [1.807, 2.05) is 0 Å². The lowest BCUT2D eigenvalue weighted by Crippen LogP contribution is -2.45. The molecule has 1 aromatic carbocycles. The molecule has 1 unspecified atom stereocenters. The van der Waals surface area contributed by atoms with Crippen LogP contribution in [-0.2, 0) is 0 Å². The van der Waals surface area contributed by atoms with Gasteiger partial charge in [0.15, 0.2) is 5.11 Å². The molecular formula is C19H22ClFN2S2. The zero-order chi connectivity index (χ0) is 17.8. The summed E-state index contributed by atoms with van der Waals surface area (Å²) in [6.07, 6.45) is 6.08. The van der Waals surface area contributed by atoms with Crippen LogP contribution in [0.2, 0.25) is 5.02 Å². The van der Waals surface area contributed by atoms with Gasteiger partial charge in [0, 0.05) is 16.6 Å². The largest absolute Gasteiger partial charge is 0.338 e. The molecule has 2 aromatic rings. The average molecular weight is 397 g/mol. The maximum absolute atomic E-state index is 13.4. The molecule has 1 saturated carbocycles. The smallest absolute Gasteiger partial charge is 0.174 e. The van der Waals surface area contributed by atoms with Crippen LogP contribution in [0.25, 0.3) is 0 Å². The number of thiocarbonyl (C=S) groups is 1. The Morgan fingerprint density at radius 3 is 2.72 bits per heavy atom. The molecule has 1 heterocycles. The number of thiophene rings is 1. The highest BCUT2D eigenvalue weighted by molar-refractivity contribution is 7.80. The molecule has 3 rings (SSSR count). The first kappa shape index (κ1) is 18.6. The average Bonchev–Trinajstić information content (AvgIpc) is 3.14. The van der Waals surface area contributed by atoms with Gasteiger partial charge < -0.3 is 10.2 Å². The lowest BCUT2D eigenvalue weighted by atomic mass is 9.93. The summed E-state index contributed by atoms with van der Waals surface area (Å²) in [6, 6.07) is 9.48. The molecule has 1 fully saturated rings. The minimum Gasteiger partial charge on any atom is -0.338 e. The monoisotopic (exact) mass is 396 g/mol. The molecule has 0 bridgehead atoms. The highest BCUT2D eigenvalue weighted by Crippen LogP contribution is 2.33. The molecule has 1 aliphatic rings. The summed E-state index contributed by atoms with van der Waals surface area (Å²) in [4.78, 5) is 3.62. The van der Waals surface area contributed by atoms with Crippen LogP contribution in [0.15, 0.2) is 35.7 Å². The van der Waals surface area contributed by atoms with Gasteiger partial charge in [-0.3, -0.25) is 0 Å². The van der Waals surface area contributed by atoms with Gasteiger partial charge in [0.2, 0.25) is 0 Å². The van der Waals surface area contributed by atoms with E-state index in [0.717, 1.165) is 18.5 Å². The number of halogens is 2. The van der Waals surface area contributed by atoms with Gasteiger partial charge in [-0.25, -0.2) is 4.39 Å². The van der Waals surface area contributed by atoms with E-state index in [2.05, 4.69) is 34.7 Å². The van der Waals surface area contributed by atoms with Crippen molar-refractivity contribution in [1.82, 2.24) is 4.90 Å². The molecule has 2 nitrogen and oxygen atoms in total. The summed E-state index contributed by atoms with van der Waals surface area (Å²) in [6.45, 7) is 2.20. The van der Waals surface area contributed by atoms with Crippen molar-refractivity contribution in [1.29, 1.82) is 0 Å². The van der Waals surface area contributed by atoms with Gasteiger partial charge in [-0.2, -0.15) is 0 Å². The number of hydrogen-bond acceptors (Lipinski definition) is 2. The molecular weight excluding hydrogens is 375 g/mol. The topological polar surface area (TPSA) is 15.3 Å². The minimum atomic E-state index is -0.422. The van der Waals surface area contributed by atoms with Crippen LogP contribution in [0.5, 0.6) is 0 Å². The van der Waals surface area contributed by atoms with E-state index >= 15 is 0 Å². The van der Waals surface area contributed by atoms with Crippen molar-refractivity contribution in [3.63, 3.8) is 0 Å². The van der Waals surface area contributed by atoms with E-state index < -0.39 is 5.82 Å². The van der Waals surface area contributed by atoms with Crippen LogP contribution >= 0.6 is 35.2 Å². The van der Waals surface area contributed by atoms with Gasteiger partial charge in [-0.05, 0) is 61.6 Å². The lowest BCUT2D eigenvalue weighted by Gasteiger charge is -2.40. The Hall–Kier alpha value is -1.17. The molecule has 0 amide bonds. The van der Waals surface area contributed by atoms with Crippen LogP contribution in [0.1, 0.15) is 49.9 Å². The Balaban J connectivity index is 1.82. The summed E-state index contributed by atoms with van der Waals surface area (Å²) in [5.41, 5.74) is 0.718. The van der Waals surface area contributed by atoms with E-state index in [9.17, 15) is 4.39 Å². The Labute approximate surface area is 163 Å². The Kier molecular flexibility index (Phi) is 6.31. The first-order valence-corrected chi connectivity index (χ1v) is 10.3. The molecule has 0 saturated heterocycles. The van der Waals surface area contributed by atoms with E-state index in [4.69, 9.17) is 23.8 Å². The molecule has 1 N–H and O–H groups in total. The van der Waals surface area contributed by atoms with Gasteiger partial charge in [0.05, 0.1) is 11.1 Å². The second kappa shape index (κ2) is 8.47. The number of nitrogens with zero attached hydrogens (tertiary/aromatic N) is 1. The Morgan fingerprint density at radius 2 is 2.08 bits per heavy atom. The third-order valence-electron chi connectivity index (χ3n) is 4.75. The third-order valence-corrected chi connectivity index (χ3v) is 6.39. The van der Waals surface area contributed by atoms with Crippen molar-refractivity contribution >= 4 is 46.0 Å². The SMILES string of the molecule is CC(c1cccs1)N(C(=S)Nc1ccc(F)c(Cl)c1)C1CCCCC1. The highest BCUT2D eigenvalue weighted by Gasteiger charge is 2.28. The van der Waals surface area contributed by atoms with Crippen LogP contribution in [0.3, 0.4) is 0 Å². The summed E-state index contributed by atoms with van der Waals surface area (Å²) in [5, 5.41) is 6.14. The van der Waals surface area contributed by atoms with Crippen LogP contribution in [0.4, 0.5) is 10.1 Å². The Morgan fingerprint density at radius 1 is 1.32 bits per heavy atom. The predicted molar refractivity (Wildman–Crippen MR) is 109 cm³/mol. The fourth-order valence-electron chi connectivity index (χ4n) is 3.45. The van der Waals surface area contributed by atoms with Crippen LogP contribution < -0.4 is 5.32 Å². The number of anilines is 1. The third kappa shape index (κ3) is 4.52. The fraction of sp³-hybridized carbons (Fsp3) is 0.421. The minimum absolute atomic E-state index is 0.100. The molecule has 134 valence electrons. The summed E-state index contributed by atoms with van der Waals surface area (Å²) in [7, 11) is 0. The van der Waals surface area contributed by atoms with Crippen molar-refractivity contribution in [2.45, 2.75) is 51.1 Å². The predicted octanol–water partition coefficient (Wildman–Crippen LogP) is 6.63. The van der Waals surface area contributed by atoms with Gasteiger partial charge >= 0.3 is 0 Å². The van der Waals surface area contributed by atoms with Gasteiger partial charge in [-0.1, -0.05) is 36.9 Å². The molecule has 1 aliphatic carbocycles. The molecule has 6 heteroatoms. The zero-order valence-corrected chi connectivity index (χ0v) is 16.6. The van der Waals surface area contributed by atoms with E-state index in [1.54, 1.807) is 23.5 Å². The maximum atomic E-state index is 13.4. The van der Waals surface area contributed by atoms with Gasteiger partial charge in [0.1, 0.15) is 5.82 Å². The van der Waals surface area contributed by atoms with Crippen LogP contribution in [0, 0.1) is 5.82 Å². The molecule has 0 spiro atoms. The summed E-state index contributed by atoms with van der Waals surface area (Å²) < 4.78 is 13.4. The molecule has 0 aliphatic heterocycles. The van der Waals surface area contributed by atoms with Crippen molar-refractivity contribution in [2.75, 3.05) is 5.32 Å². The Bertz CT molecular complexity index is 714. The quantitative estimate of drug-likeness (QED) is 0.583. The molecule has 1 atom stereocenters. The normalized spacial score (nSPS) is 16.4. The van der Waals surface area contributed by atoms with E-state index in [-0.39, 0.29) is 11.1 Å². The van der Waals surface area contributed by atoms with Crippen molar-refractivity contribution in [3.8, 4) is 0 Å². The standard InChI is InChI=1S/C19H22ClFN2S2/c1-13(18-8-5-11-25-18)23(15-6-3-2-4-7-15)19(24)22-14-9-10-17(21)16(20)12-14/h5,8-13,15H,2-4,6-7H2,1H3,(H,22,24). The molecule has 1 aromatic heterocycles. The first-order valence-electron chi connectivity index (χ1n) is 8.64. The summed E-state index contributed by atoms with van der Waals surface area (Å²) >= 11 is 13.4. The second-order valence-corrected chi connectivity index (χ2v) is 8.22. The lowest BCUT2D eigenvalue weighted by molar-refractivity contribution is 0.205. The summed E-state index contributed by atoms with van der Waals surface area (Å²) in [5.74, 6) is -0.422. The first-order chi connectivity index (χ1) is 12.1. The number of hydrogen-bond donors (Lipinski definition) is 1. The molecule has 0 radical (unpaired) electrons. The van der Waals surface area contributed by atoms with Crippen LogP contribution in [-0.4, -0.2) is 16.1 Å². The number of benzene rings is 1. The van der Waals surface area contributed by atoms with E-state index in [0.29, 0.717) is 11.2 Å². The van der Waals surface area contributed by atoms with E-state index in [1.165, 1.54) is 30.2 Å². The fourth-order valence-corrected chi connectivity index (χ4v) is 4.83. The van der Waals surface area contributed by atoms with Crippen molar-refractivity contribution < 1.29 is 4.39 Å². The molecule has 25 heavy (non-hydrogen) atoms. The number of rotatable bonds is 4. The second-order valence-electron chi connectivity index (χ2n) is 6.45. The van der Waals surface area contributed by atoms with Gasteiger partial charge in [-0.15, -0.1) is 11.3 Å². The van der Waals surface area contributed by atoms with Crippen molar-refractivity contribution in [2.24, 2.45) is 0 Å².